The summed E-state index contributed by atoms with van der Waals surface area (Å²) < 4.78 is 2.74. The minimum Gasteiger partial charge on any atom is -0.508 e. The fourth-order valence-corrected chi connectivity index (χ4v) is 6.52. The second-order valence-electron chi connectivity index (χ2n) is 9.80. The maximum absolute atomic E-state index is 13.9. The van der Waals surface area contributed by atoms with Crippen molar-refractivity contribution >= 4 is 32.3 Å². The summed E-state index contributed by atoms with van der Waals surface area (Å²) in [6.45, 7) is 0.321. The van der Waals surface area contributed by atoms with Crippen molar-refractivity contribution in [2.24, 2.45) is 0 Å². The van der Waals surface area contributed by atoms with Crippen LogP contribution >= 0.6 is 11.3 Å². The fourth-order valence-electron chi connectivity index (χ4n) is 5.39. The number of benzene rings is 3. The van der Waals surface area contributed by atoms with Crippen LogP contribution < -0.4 is 10.9 Å². The molecule has 0 saturated heterocycles. The predicted octanol–water partition coefficient (Wildman–Crippen LogP) is 6.86. The van der Waals surface area contributed by atoms with Gasteiger partial charge in [0.05, 0.1) is 15.8 Å². The lowest BCUT2D eigenvalue weighted by molar-refractivity contribution is 0.0952. The first-order chi connectivity index (χ1) is 18.1. The number of amides is 1. The second-order valence-corrected chi connectivity index (χ2v) is 10.8. The molecule has 3 aromatic carbocycles. The average Bonchev–Trinajstić information content (AvgIpc) is 3.33. The minimum atomic E-state index is -0.234. The molecule has 1 aliphatic carbocycles. The highest BCUT2D eigenvalue weighted by Gasteiger charge is 2.22. The summed E-state index contributed by atoms with van der Waals surface area (Å²) in [5.41, 5.74) is 4.71. The normalized spacial score (nSPS) is 14.3. The number of nitrogens with one attached hydrogen (secondary N) is 1. The van der Waals surface area contributed by atoms with Gasteiger partial charge in [-0.3, -0.25) is 14.0 Å². The molecule has 5 aromatic rings. The van der Waals surface area contributed by atoms with E-state index in [-0.39, 0.29) is 17.2 Å². The van der Waals surface area contributed by atoms with Crippen molar-refractivity contribution in [2.45, 2.75) is 44.6 Å². The van der Waals surface area contributed by atoms with E-state index in [2.05, 4.69) is 23.5 Å². The van der Waals surface area contributed by atoms with Crippen LogP contribution in [0.2, 0.25) is 0 Å². The van der Waals surface area contributed by atoms with Gasteiger partial charge in [-0.2, -0.15) is 0 Å². The lowest BCUT2D eigenvalue weighted by atomic mass is 9.84. The van der Waals surface area contributed by atoms with Gasteiger partial charge in [0.25, 0.3) is 11.5 Å². The molecule has 0 atom stereocenters. The van der Waals surface area contributed by atoms with Crippen molar-refractivity contribution in [1.29, 1.82) is 0 Å². The zero-order chi connectivity index (χ0) is 25.4. The van der Waals surface area contributed by atoms with E-state index in [1.807, 2.05) is 30.3 Å². The number of aromatic nitrogens is 1. The Morgan fingerprint density at radius 2 is 1.70 bits per heavy atom. The molecule has 0 spiro atoms. The van der Waals surface area contributed by atoms with E-state index in [1.54, 1.807) is 34.7 Å². The third kappa shape index (κ3) is 4.53. The predicted molar refractivity (Wildman–Crippen MR) is 150 cm³/mol. The minimum absolute atomic E-state index is 0.108. The molecule has 6 heteroatoms. The van der Waals surface area contributed by atoms with Gasteiger partial charge in [0.1, 0.15) is 10.6 Å². The number of carbonyl (C=O) groups is 1. The average molecular weight is 509 g/mol. The Balaban J connectivity index is 1.49. The Morgan fingerprint density at radius 1 is 0.946 bits per heavy atom. The molecule has 5 nitrogen and oxygen atoms in total. The molecule has 0 bridgehead atoms. The molecule has 2 N–H and O–H groups in total. The van der Waals surface area contributed by atoms with E-state index in [4.69, 9.17) is 0 Å². The Morgan fingerprint density at radius 3 is 2.46 bits per heavy atom. The highest BCUT2D eigenvalue weighted by atomic mass is 32.1. The number of pyridine rings is 1. The standard InChI is InChI=1S/C31H28N2O3S/c34-24-14-11-20(12-15-24)19-32-29(35)26-18-25(22-9-5-2-6-10-22)30(36)33-27-17-23(21-7-3-1-4-8-21)13-16-28(27)37-31(26)33/h2,5-6,9-18,21,34H,1,3-4,7-8,19H2,(H,32,35). The Labute approximate surface area is 219 Å². The van der Waals surface area contributed by atoms with E-state index >= 15 is 0 Å². The molecule has 6 rings (SSSR count). The van der Waals surface area contributed by atoms with Crippen molar-refractivity contribution in [3.8, 4) is 16.9 Å². The lowest BCUT2D eigenvalue weighted by Crippen LogP contribution is -2.25. The van der Waals surface area contributed by atoms with E-state index in [0.29, 0.717) is 28.4 Å². The van der Waals surface area contributed by atoms with Gasteiger partial charge in [0.2, 0.25) is 0 Å². The number of hydrogen-bond acceptors (Lipinski definition) is 4. The zero-order valence-electron chi connectivity index (χ0n) is 20.4. The summed E-state index contributed by atoms with van der Waals surface area (Å²) in [6.07, 6.45) is 6.15. The second kappa shape index (κ2) is 9.87. The third-order valence-corrected chi connectivity index (χ3v) is 8.54. The topological polar surface area (TPSA) is 70.8 Å². The summed E-state index contributed by atoms with van der Waals surface area (Å²) in [4.78, 5) is 28.1. The van der Waals surface area contributed by atoms with Gasteiger partial charge in [-0.05, 0) is 65.8 Å². The number of hydrogen-bond donors (Lipinski definition) is 2. The van der Waals surface area contributed by atoms with Gasteiger partial charge in [-0.15, -0.1) is 11.3 Å². The van der Waals surface area contributed by atoms with Crippen LogP contribution in [0.25, 0.3) is 26.2 Å². The summed E-state index contributed by atoms with van der Waals surface area (Å²) in [7, 11) is 0. The number of phenols is 1. The molecular weight excluding hydrogens is 480 g/mol. The molecule has 0 unspecified atom stereocenters. The van der Waals surface area contributed by atoms with Crippen molar-refractivity contribution in [3.63, 3.8) is 0 Å². The van der Waals surface area contributed by atoms with Crippen molar-refractivity contribution in [2.75, 3.05) is 0 Å². The number of phenolic OH excluding ortho intramolecular Hbond substituents is 1. The number of rotatable bonds is 5. The van der Waals surface area contributed by atoms with Gasteiger partial charge < -0.3 is 10.4 Å². The molecule has 1 saturated carbocycles. The SMILES string of the molecule is O=C(NCc1ccc(O)cc1)c1cc(-c2ccccc2)c(=O)n2c1sc1ccc(C3CCCCC3)cc12. The quantitative estimate of drug-likeness (QED) is 0.272. The number of nitrogens with zero attached hydrogens (tertiary/aromatic N) is 1. The number of carbonyl (C=O) groups excluding carboxylic acids is 1. The fraction of sp³-hybridized carbons (Fsp3) is 0.226. The van der Waals surface area contributed by atoms with E-state index in [9.17, 15) is 14.7 Å². The van der Waals surface area contributed by atoms with Crippen LogP contribution in [0.4, 0.5) is 0 Å². The van der Waals surface area contributed by atoms with Crippen LogP contribution in [0.5, 0.6) is 5.75 Å². The van der Waals surface area contributed by atoms with Gasteiger partial charge in [-0.1, -0.05) is 67.8 Å². The molecule has 0 radical (unpaired) electrons. The monoisotopic (exact) mass is 508 g/mol. The summed E-state index contributed by atoms with van der Waals surface area (Å²) in [6, 6.07) is 24.5. The summed E-state index contributed by atoms with van der Waals surface area (Å²) >= 11 is 1.48. The Hall–Kier alpha value is -3.90. The summed E-state index contributed by atoms with van der Waals surface area (Å²) in [5.74, 6) is 0.473. The summed E-state index contributed by atoms with van der Waals surface area (Å²) in [5, 5.41) is 12.6. The molecule has 1 fully saturated rings. The van der Waals surface area contributed by atoms with Crippen LogP contribution in [-0.2, 0) is 6.54 Å². The van der Waals surface area contributed by atoms with Crippen LogP contribution in [0, 0.1) is 0 Å². The van der Waals surface area contributed by atoms with Crippen molar-refractivity contribution in [3.05, 3.63) is 106 Å². The lowest BCUT2D eigenvalue weighted by Gasteiger charge is -2.21. The number of fused-ring (bicyclic) bond motifs is 3. The Kier molecular flexibility index (Phi) is 6.26. The van der Waals surface area contributed by atoms with Crippen LogP contribution in [0.15, 0.2) is 83.7 Å². The van der Waals surface area contributed by atoms with Gasteiger partial charge in [-0.25, -0.2) is 0 Å². The largest absolute Gasteiger partial charge is 0.508 e. The van der Waals surface area contributed by atoms with E-state index in [1.165, 1.54) is 49.0 Å². The maximum Gasteiger partial charge on any atom is 0.264 e. The smallest absolute Gasteiger partial charge is 0.264 e. The molecule has 186 valence electrons. The molecule has 2 heterocycles. The first kappa shape index (κ1) is 23.5. The molecule has 1 amide bonds. The number of thiazole rings is 1. The van der Waals surface area contributed by atoms with Crippen LogP contribution in [0.1, 0.15) is 59.5 Å². The zero-order valence-corrected chi connectivity index (χ0v) is 21.3. The van der Waals surface area contributed by atoms with E-state index in [0.717, 1.165) is 21.3 Å². The van der Waals surface area contributed by atoms with Crippen molar-refractivity contribution < 1.29 is 9.90 Å². The molecule has 1 aliphatic rings. The first-order valence-electron chi connectivity index (χ1n) is 12.8. The molecule has 0 aliphatic heterocycles. The van der Waals surface area contributed by atoms with Crippen LogP contribution in [0.3, 0.4) is 0 Å². The van der Waals surface area contributed by atoms with Gasteiger partial charge in [0.15, 0.2) is 0 Å². The highest BCUT2D eigenvalue weighted by molar-refractivity contribution is 7.24. The third-order valence-electron chi connectivity index (χ3n) is 7.38. The molecule has 37 heavy (non-hydrogen) atoms. The highest BCUT2D eigenvalue weighted by Crippen LogP contribution is 2.36. The van der Waals surface area contributed by atoms with E-state index < -0.39 is 0 Å². The number of aromatic hydroxyl groups is 1. The molecular formula is C31H28N2O3S. The molecule has 2 aromatic heterocycles. The van der Waals surface area contributed by atoms with Crippen molar-refractivity contribution in [1.82, 2.24) is 9.72 Å². The maximum atomic E-state index is 13.9. The van der Waals surface area contributed by atoms with Gasteiger partial charge in [0, 0.05) is 12.1 Å². The van der Waals surface area contributed by atoms with Crippen LogP contribution in [-0.4, -0.2) is 15.4 Å². The first-order valence-corrected chi connectivity index (χ1v) is 13.6. The van der Waals surface area contributed by atoms with Gasteiger partial charge >= 0.3 is 0 Å². The Bertz CT molecular complexity index is 1650.